The molecule has 0 saturated carbocycles. The number of aromatic nitrogens is 1. The Morgan fingerprint density at radius 2 is 2.70 bits per heavy atom. The van der Waals surface area contributed by atoms with E-state index in [0.717, 1.165) is 0 Å². The van der Waals surface area contributed by atoms with Gasteiger partial charge in [-0.25, -0.2) is 4.98 Å². The van der Waals surface area contributed by atoms with Crippen LogP contribution >= 0.6 is 0 Å². The molecule has 0 amide bonds. The molecule has 4 nitrogen and oxygen atoms in total. The van der Waals surface area contributed by atoms with Gasteiger partial charge < -0.3 is 9.15 Å². The van der Waals surface area contributed by atoms with Crippen LogP contribution in [0.15, 0.2) is 16.9 Å². The van der Waals surface area contributed by atoms with E-state index in [1.807, 2.05) is 0 Å². The summed E-state index contributed by atoms with van der Waals surface area (Å²) in [6.45, 7) is 0. The fraction of sp³-hybridized carbons (Fsp3) is 0.333. The summed E-state index contributed by atoms with van der Waals surface area (Å²) in [5.41, 5.74) is 0. The van der Waals surface area contributed by atoms with Gasteiger partial charge in [-0.05, 0) is 0 Å². The van der Waals surface area contributed by atoms with E-state index in [9.17, 15) is 4.79 Å². The zero-order chi connectivity index (χ0) is 7.40. The fourth-order valence-electron chi connectivity index (χ4n) is 0.536. The molecule has 10 heavy (non-hydrogen) atoms. The highest BCUT2D eigenvalue weighted by Crippen LogP contribution is 1.95. The highest BCUT2D eigenvalue weighted by atomic mass is 16.5. The maximum atomic E-state index is 10.6. The Kier molecular flexibility index (Phi) is 2.04. The summed E-state index contributed by atoms with van der Waals surface area (Å²) >= 11 is 0. The number of hydrogen-bond donors (Lipinski definition) is 0. The van der Waals surface area contributed by atoms with Crippen LogP contribution in [-0.4, -0.2) is 18.1 Å². The first-order chi connectivity index (χ1) is 4.83. The molecule has 0 spiro atoms. The lowest BCUT2D eigenvalue weighted by molar-refractivity contribution is -0.140. The Morgan fingerprint density at radius 1 is 1.90 bits per heavy atom. The van der Waals surface area contributed by atoms with Crippen molar-refractivity contribution in [3.8, 4) is 0 Å². The van der Waals surface area contributed by atoms with E-state index in [4.69, 9.17) is 4.42 Å². The van der Waals surface area contributed by atoms with Crippen molar-refractivity contribution >= 4 is 5.97 Å². The summed E-state index contributed by atoms with van der Waals surface area (Å²) in [7, 11) is 1.32. The highest BCUT2D eigenvalue weighted by Gasteiger charge is 2.04. The monoisotopic (exact) mass is 141 g/mol. The predicted octanol–water partition coefficient (Wildman–Crippen LogP) is 0.390. The number of nitrogens with zero attached hydrogens (tertiary/aromatic N) is 1. The number of esters is 1. The minimum Gasteiger partial charge on any atom is -0.469 e. The number of ether oxygens (including phenoxy) is 1. The Hall–Kier alpha value is -1.32. The molecule has 4 heteroatoms. The van der Waals surface area contributed by atoms with Crippen LogP contribution in [0, 0.1) is 0 Å². The molecule has 0 saturated heterocycles. The van der Waals surface area contributed by atoms with Gasteiger partial charge in [0.05, 0.1) is 13.3 Å². The summed E-state index contributed by atoms with van der Waals surface area (Å²) < 4.78 is 9.18. The molecule has 0 bridgehead atoms. The fourth-order valence-corrected chi connectivity index (χ4v) is 0.536. The van der Waals surface area contributed by atoms with Crippen molar-refractivity contribution in [1.29, 1.82) is 0 Å². The first-order valence-electron chi connectivity index (χ1n) is 2.78. The van der Waals surface area contributed by atoms with Crippen LogP contribution in [0.3, 0.4) is 0 Å². The molecule has 0 aliphatic carbocycles. The molecule has 0 aromatic carbocycles. The lowest BCUT2D eigenvalue weighted by Crippen LogP contribution is -2.04. The van der Waals surface area contributed by atoms with Crippen molar-refractivity contribution in [2.24, 2.45) is 0 Å². The van der Waals surface area contributed by atoms with Crippen LogP contribution in [0.5, 0.6) is 0 Å². The van der Waals surface area contributed by atoms with Crippen LogP contribution in [0.2, 0.25) is 0 Å². The smallest absolute Gasteiger partial charge is 0.314 e. The van der Waals surface area contributed by atoms with E-state index in [1.54, 1.807) is 0 Å². The van der Waals surface area contributed by atoms with E-state index in [1.165, 1.54) is 19.6 Å². The predicted molar refractivity (Wildman–Crippen MR) is 32.2 cm³/mol. The van der Waals surface area contributed by atoms with Crippen LogP contribution in [0.4, 0.5) is 0 Å². The molecule has 1 rings (SSSR count). The van der Waals surface area contributed by atoms with Crippen molar-refractivity contribution in [2.45, 2.75) is 6.42 Å². The van der Waals surface area contributed by atoms with Gasteiger partial charge in [-0.2, -0.15) is 0 Å². The van der Waals surface area contributed by atoms with Gasteiger partial charge in [-0.15, -0.1) is 0 Å². The Morgan fingerprint density at radius 3 is 3.20 bits per heavy atom. The van der Waals surface area contributed by atoms with Gasteiger partial charge in [-0.1, -0.05) is 0 Å². The summed E-state index contributed by atoms with van der Waals surface area (Å²) in [6, 6.07) is 0. The van der Waals surface area contributed by atoms with Gasteiger partial charge in [0.2, 0.25) is 5.89 Å². The standard InChI is InChI=1S/C6H7NO3/c1-9-6(8)4-5-7-2-3-10-5/h2-3H,4H2,1H3. The summed E-state index contributed by atoms with van der Waals surface area (Å²) in [6.07, 6.45) is 3.00. The molecular formula is C6H7NO3. The van der Waals surface area contributed by atoms with Gasteiger partial charge in [-0.3, -0.25) is 4.79 Å². The van der Waals surface area contributed by atoms with Crippen molar-refractivity contribution in [2.75, 3.05) is 7.11 Å². The van der Waals surface area contributed by atoms with Crippen LogP contribution in [0.1, 0.15) is 5.89 Å². The molecule has 0 N–H and O–H groups in total. The topological polar surface area (TPSA) is 52.3 Å². The maximum Gasteiger partial charge on any atom is 0.314 e. The molecule has 0 radical (unpaired) electrons. The zero-order valence-corrected chi connectivity index (χ0v) is 5.53. The minimum absolute atomic E-state index is 0.101. The quantitative estimate of drug-likeness (QED) is 0.559. The summed E-state index contributed by atoms with van der Waals surface area (Å²) in [4.78, 5) is 14.3. The second-order valence-electron chi connectivity index (χ2n) is 1.68. The average molecular weight is 141 g/mol. The van der Waals surface area contributed by atoms with Crippen molar-refractivity contribution in [3.63, 3.8) is 0 Å². The van der Waals surface area contributed by atoms with Gasteiger partial charge >= 0.3 is 5.97 Å². The van der Waals surface area contributed by atoms with Crippen molar-refractivity contribution in [3.05, 3.63) is 18.4 Å². The number of carbonyl (C=O) groups is 1. The average Bonchev–Trinajstić information content (AvgIpc) is 2.40. The number of methoxy groups -OCH3 is 1. The first kappa shape index (κ1) is 6.80. The molecule has 54 valence electrons. The first-order valence-corrected chi connectivity index (χ1v) is 2.78. The van der Waals surface area contributed by atoms with E-state index >= 15 is 0 Å². The Labute approximate surface area is 57.8 Å². The molecule has 1 aromatic heterocycles. The highest BCUT2D eigenvalue weighted by molar-refractivity contribution is 5.70. The molecule has 1 heterocycles. The molecule has 0 aliphatic heterocycles. The zero-order valence-electron chi connectivity index (χ0n) is 5.53. The third-order valence-electron chi connectivity index (χ3n) is 1.01. The van der Waals surface area contributed by atoms with E-state index in [-0.39, 0.29) is 12.4 Å². The van der Waals surface area contributed by atoms with Gasteiger partial charge in [0, 0.05) is 0 Å². The molecule has 1 aromatic rings. The Bertz CT molecular complexity index is 205. The summed E-state index contributed by atoms with van der Waals surface area (Å²) in [5.74, 6) is 0.0364. The molecule has 0 atom stereocenters. The normalized spacial score (nSPS) is 9.30. The van der Waals surface area contributed by atoms with Crippen molar-refractivity contribution in [1.82, 2.24) is 4.98 Å². The van der Waals surface area contributed by atoms with Gasteiger partial charge in [0.1, 0.15) is 12.7 Å². The van der Waals surface area contributed by atoms with Crippen molar-refractivity contribution < 1.29 is 13.9 Å². The van der Waals surface area contributed by atoms with Gasteiger partial charge in [0.15, 0.2) is 0 Å². The minimum atomic E-state index is -0.345. The van der Waals surface area contributed by atoms with E-state index in [2.05, 4.69) is 9.72 Å². The molecular weight excluding hydrogens is 134 g/mol. The van der Waals surface area contributed by atoms with Crippen LogP contribution < -0.4 is 0 Å². The van der Waals surface area contributed by atoms with Crippen LogP contribution in [-0.2, 0) is 16.0 Å². The third-order valence-corrected chi connectivity index (χ3v) is 1.01. The second kappa shape index (κ2) is 3.00. The third kappa shape index (κ3) is 1.58. The molecule has 0 unspecified atom stereocenters. The lowest BCUT2D eigenvalue weighted by Gasteiger charge is -1.91. The van der Waals surface area contributed by atoms with E-state index in [0.29, 0.717) is 5.89 Å². The maximum absolute atomic E-state index is 10.6. The number of hydrogen-bond acceptors (Lipinski definition) is 4. The number of rotatable bonds is 2. The SMILES string of the molecule is COC(=O)Cc1ncco1. The molecule has 0 aliphatic rings. The largest absolute Gasteiger partial charge is 0.469 e. The number of oxazole rings is 1. The number of carbonyl (C=O) groups excluding carboxylic acids is 1. The Balaban J connectivity index is 2.48. The van der Waals surface area contributed by atoms with Crippen LogP contribution in [0.25, 0.3) is 0 Å². The lowest BCUT2D eigenvalue weighted by atomic mass is 10.4. The molecule has 0 fully saturated rings. The summed E-state index contributed by atoms with van der Waals surface area (Å²) in [5, 5.41) is 0. The second-order valence-corrected chi connectivity index (χ2v) is 1.68. The van der Waals surface area contributed by atoms with Gasteiger partial charge in [0.25, 0.3) is 0 Å². The van der Waals surface area contributed by atoms with E-state index < -0.39 is 0 Å².